The van der Waals surface area contributed by atoms with Gasteiger partial charge >= 0.3 is 5.69 Å². The molecule has 0 aliphatic carbocycles. The van der Waals surface area contributed by atoms with Crippen molar-refractivity contribution in [2.24, 2.45) is 0 Å². The maximum absolute atomic E-state index is 11.1. The molecule has 0 unspecified atom stereocenters. The Bertz CT molecular complexity index is 345. The van der Waals surface area contributed by atoms with Crippen molar-refractivity contribution in [2.75, 3.05) is 12.3 Å². The van der Waals surface area contributed by atoms with Crippen LogP contribution < -0.4 is 11.4 Å². The number of anilines is 1. The minimum atomic E-state index is -0.413. The Morgan fingerprint density at radius 2 is 2.54 bits per heavy atom. The molecule has 0 radical (unpaired) electrons. The summed E-state index contributed by atoms with van der Waals surface area (Å²) in [4.78, 5) is 14.6. The molecule has 0 fully saturated rings. The number of hydrogen-bond donors (Lipinski definition) is 1. The third-order valence-corrected chi connectivity index (χ3v) is 1.36. The van der Waals surface area contributed by atoms with Gasteiger partial charge < -0.3 is 10.5 Å². The summed E-state index contributed by atoms with van der Waals surface area (Å²) in [5.41, 5.74) is 4.89. The molecule has 70 valence electrons. The lowest BCUT2D eigenvalue weighted by atomic mass is 10.6. The van der Waals surface area contributed by atoms with Gasteiger partial charge in [0.25, 0.3) is 0 Å². The van der Waals surface area contributed by atoms with E-state index in [1.165, 1.54) is 10.8 Å². The monoisotopic (exact) mass is 181 g/mol. The van der Waals surface area contributed by atoms with Gasteiger partial charge in [0, 0.05) is 6.20 Å². The molecule has 0 aromatic carbocycles. The SMILES string of the molecule is C=CCOCn1ccc(N)nc1=O. The van der Waals surface area contributed by atoms with Crippen LogP contribution in [0, 0.1) is 0 Å². The van der Waals surface area contributed by atoms with E-state index in [-0.39, 0.29) is 12.5 Å². The number of nitrogens with zero attached hydrogens (tertiary/aromatic N) is 2. The smallest absolute Gasteiger partial charge is 0.351 e. The lowest BCUT2D eigenvalue weighted by Gasteiger charge is -2.03. The number of nitrogen functional groups attached to an aromatic ring is 1. The average molecular weight is 181 g/mol. The Morgan fingerprint density at radius 1 is 1.77 bits per heavy atom. The van der Waals surface area contributed by atoms with E-state index >= 15 is 0 Å². The molecule has 5 nitrogen and oxygen atoms in total. The lowest BCUT2D eigenvalue weighted by Crippen LogP contribution is -2.24. The lowest BCUT2D eigenvalue weighted by molar-refractivity contribution is 0.0967. The molecule has 0 spiro atoms. The second-order valence-corrected chi connectivity index (χ2v) is 2.39. The van der Waals surface area contributed by atoms with Crippen LogP contribution in [0.3, 0.4) is 0 Å². The summed E-state index contributed by atoms with van der Waals surface area (Å²) in [7, 11) is 0. The van der Waals surface area contributed by atoms with Gasteiger partial charge in [0.15, 0.2) is 0 Å². The number of aromatic nitrogens is 2. The van der Waals surface area contributed by atoms with Gasteiger partial charge in [0.1, 0.15) is 12.5 Å². The van der Waals surface area contributed by atoms with E-state index in [4.69, 9.17) is 10.5 Å². The molecule has 0 amide bonds. The van der Waals surface area contributed by atoms with Gasteiger partial charge in [-0.15, -0.1) is 6.58 Å². The first-order valence-corrected chi connectivity index (χ1v) is 3.75. The fraction of sp³-hybridized carbons (Fsp3) is 0.250. The summed E-state index contributed by atoms with van der Waals surface area (Å²) in [6.45, 7) is 4.04. The molecule has 1 rings (SSSR count). The van der Waals surface area contributed by atoms with Crippen LogP contribution in [0.4, 0.5) is 5.82 Å². The number of ether oxygens (including phenoxy) is 1. The average Bonchev–Trinajstić information content (AvgIpc) is 2.09. The Kier molecular flexibility index (Phi) is 3.22. The molecule has 5 heteroatoms. The van der Waals surface area contributed by atoms with Crippen molar-refractivity contribution < 1.29 is 4.74 Å². The van der Waals surface area contributed by atoms with Gasteiger partial charge in [-0.3, -0.25) is 4.57 Å². The summed E-state index contributed by atoms with van der Waals surface area (Å²) in [6.07, 6.45) is 3.14. The van der Waals surface area contributed by atoms with Gasteiger partial charge in [0.2, 0.25) is 0 Å². The quantitative estimate of drug-likeness (QED) is 0.523. The first-order chi connectivity index (χ1) is 6.24. The first kappa shape index (κ1) is 9.47. The number of nitrogens with two attached hydrogens (primary N) is 1. The summed E-state index contributed by atoms with van der Waals surface area (Å²) in [6, 6.07) is 1.54. The normalized spacial score (nSPS) is 9.85. The second-order valence-electron chi connectivity index (χ2n) is 2.39. The van der Waals surface area contributed by atoms with Gasteiger partial charge in [-0.2, -0.15) is 4.98 Å². The van der Waals surface area contributed by atoms with E-state index in [1.54, 1.807) is 12.1 Å². The van der Waals surface area contributed by atoms with E-state index in [2.05, 4.69) is 11.6 Å². The topological polar surface area (TPSA) is 70.1 Å². The molecule has 0 aliphatic rings. The van der Waals surface area contributed by atoms with Crippen molar-refractivity contribution in [1.29, 1.82) is 0 Å². The molecule has 1 aromatic heterocycles. The molecule has 1 aromatic rings. The summed E-state index contributed by atoms with van der Waals surface area (Å²) >= 11 is 0. The summed E-state index contributed by atoms with van der Waals surface area (Å²) < 4.78 is 6.37. The van der Waals surface area contributed by atoms with Crippen LogP contribution in [0.2, 0.25) is 0 Å². The maximum Gasteiger partial charge on any atom is 0.351 e. The van der Waals surface area contributed by atoms with Gasteiger partial charge in [-0.1, -0.05) is 6.08 Å². The molecule has 0 saturated heterocycles. The fourth-order valence-corrected chi connectivity index (χ4v) is 0.775. The maximum atomic E-state index is 11.1. The molecule has 0 bridgehead atoms. The van der Waals surface area contributed by atoms with Crippen molar-refractivity contribution >= 4 is 5.82 Å². The van der Waals surface area contributed by atoms with Crippen LogP contribution in [-0.2, 0) is 11.5 Å². The van der Waals surface area contributed by atoms with Crippen molar-refractivity contribution in [3.05, 3.63) is 35.4 Å². The predicted molar refractivity (Wildman–Crippen MR) is 49.1 cm³/mol. The zero-order valence-electron chi connectivity index (χ0n) is 7.14. The highest BCUT2D eigenvalue weighted by atomic mass is 16.5. The Morgan fingerprint density at radius 3 is 3.15 bits per heavy atom. The number of rotatable bonds is 4. The standard InChI is InChI=1S/C8H11N3O2/c1-2-5-13-6-11-4-3-7(9)10-8(11)12/h2-4H,1,5-6H2,(H2,9,10,12). The predicted octanol–water partition coefficient (Wildman–Crippen LogP) is -0.0144. The molecule has 0 saturated carbocycles. The van der Waals surface area contributed by atoms with Crippen molar-refractivity contribution in [1.82, 2.24) is 9.55 Å². The Hall–Kier alpha value is -1.62. The molecule has 2 N–H and O–H groups in total. The molecule has 1 heterocycles. The van der Waals surface area contributed by atoms with Crippen molar-refractivity contribution in [3.8, 4) is 0 Å². The zero-order valence-corrected chi connectivity index (χ0v) is 7.14. The van der Waals surface area contributed by atoms with Gasteiger partial charge in [-0.05, 0) is 6.07 Å². The van der Waals surface area contributed by atoms with Crippen LogP contribution in [0.1, 0.15) is 0 Å². The van der Waals surface area contributed by atoms with Gasteiger partial charge in [0.05, 0.1) is 6.61 Å². The minimum absolute atomic E-state index is 0.165. The van der Waals surface area contributed by atoms with E-state index in [0.717, 1.165) is 0 Å². The van der Waals surface area contributed by atoms with Crippen molar-refractivity contribution in [3.63, 3.8) is 0 Å². The first-order valence-electron chi connectivity index (χ1n) is 3.75. The van der Waals surface area contributed by atoms with E-state index < -0.39 is 5.69 Å². The third kappa shape index (κ3) is 2.72. The molecular weight excluding hydrogens is 170 g/mol. The molecule has 0 atom stereocenters. The van der Waals surface area contributed by atoms with Crippen LogP contribution >= 0.6 is 0 Å². The second kappa shape index (κ2) is 4.42. The fourth-order valence-electron chi connectivity index (χ4n) is 0.775. The Labute approximate surface area is 75.5 Å². The van der Waals surface area contributed by atoms with Crippen molar-refractivity contribution in [2.45, 2.75) is 6.73 Å². The van der Waals surface area contributed by atoms with Crippen LogP contribution in [0.15, 0.2) is 29.7 Å². The molecular formula is C8H11N3O2. The van der Waals surface area contributed by atoms with Gasteiger partial charge in [-0.25, -0.2) is 4.79 Å². The zero-order chi connectivity index (χ0) is 9.68. The van der Waals surface area contributed by atoms with Crippen LogP contribution in [0.25, 0.3) is 0 Å². The summed E-state index contributed by atoms with van der Waals surface area (Å²) in [5.74, 6) is 0.213. The summed E-state index contributed by atoms with van der Waals surface area (Å²) in [5, 5.41) is 0. The largest absolute Gasteiger partial charge is 0.383 e. The minimum Gasteiger partial charge on any atom is -0.383 e. The molecule has 0 aliphatic heterocycles. The van der Waals surface area contributed by atoms with Crippen LogP contribution in [-0.4, -0.2) is 16.2 Å². The van der Waals surface area contributed by atoms with E-state index in [1.807, 2.05) is 0 Å². The highest BCUT2D eigenvalue weighted by molar-refractivity contribution is 5.23. The van der Waals surface area contributed by atoms with Crippen LogP contribution in [0.5, 0.6) is 0 Å². The highest BCUT2D eigenvalue weighted by Gasteiger charge is 1.95. The number of hydrogen-bond acceptors (Lipinski definition) is 4. The molecule has 13 heavy (non-hydrogen) atoms. The third-order valence-electron chi connectivity index (χ3n) is 1.36. The highest BCUT2D eigenvalue weighted by Crippen LogP contribution is 1.89. The van der Waals surface area contributed by atoms with E-state index in [9.17, 15) is 4.79 Å². The Balaban J connectivity index is 2.67. The van der Waals surface area contributed by atoms with E-state index in [0.29, 0.717) is 6.61 Å².